The molecule has 8 heteroatoms. The van der Waals surface area contributed by atoms with Crippen LogP contribution in [0.3, 0.4) is 0 Å². The van der Waals surface area contributed by atoms with Crippen molar-refractivity contribution in [3.63, 3.8) is 0 Å². The molecule has 2 N–H and O–H groups in total. The second kappa shape index (κ2) is 4.90. The second-order valence-corrected chi connectivity index (χ2v) is 5.67. The number of piperazine rings is 1. The minimum atomic E-state index is -0.336. The maximum atomic E-state index is 9.92. The van der Waals surface area contributed by atoms with Crippen molar-refractivity contribution in [3.05, 3.63) is 12.5 Å². The molecule has 0 amide bonds. The zero-order valence-electron chi connectivity index (χ0n) is 11.7. The topological polar surface area (TPSA) is 90.4 Å². The van der Waals surface area contributed by atoms with Crippen LogP contribution in [0.2, 0.25) is 0 Å². The van der Waals surface area contributed by atoms with Crippen LogP contribution in [-0.4, -0.2) is 81.7 Å². The van der Waals surface area contributed by atoms with Gasteiger partial charge in [-0.2, -0.15) is 5.10 Å². The number of H-pyrrole nitrogens is 1. The molecule has 2 aliphatic heterocycles. The molecule has 4 rings (SSSR count). The predicted octanol–water partition coefficient (Wildman–Crippen LogP) is -0.764. The fraction of sp³-hybridized carbons (Fsp3) is 0.615. The lowest BCUT2D eigenvalue weighted by Gasteiger charge is -2.52. The molecule has 2 aromatic rings. The predicted molar refractivity (Wildman–Crippen MR) is 76.1 cm³/mol. The molecule has 4 heterocycles. The Bertz CT molecular complexity index is 646. The number of hydrogen-bond donors (Lipinski definition) is 2. The third-order valence-corrected chi connectivity index (χ3v) is 4.49. The van der Waals surface area contributed by atoms with Gasteiger partial charge in [0.1, 0.15) is 12.1 Å². The van der Waals surface area contributed by atoms with E-state index in [1.54, 1.807) is 12.5 Å². The van der Waals surface area contributed by atoms with Crippen molar-refractivity contribution < 1.29 is 9.84 Å². The van der Waals surface area contributed by atoms with E-state index in [2.05, 4.69) is 30.0 Å². The van der Waals surface area contributed by atoms with Gasteiger partial charge in [0.15, 0.2) is 5.65 Å². The van der Waals surface area contributed by atoms with Crippen LogP contribution in [0.25, 0.3) is 11.0 Å². The van der Waals surface area contributed by atoms with Gasteiger partial charge in [0, 0.05) is 26.2 Å². The second-order valence-electron chi connectivity index (χ2n) is 5.67. The number of aromatic nitrogens is 4. The van der Waals surface area contributed by atoms with Gasteiger partial charge in [-0.1, -0.05) is 0 Å². The summed E-state index contributed by atoms with van der Waals surface area (Å²) >= 11 is 0. The number of aromatic amines is 1. The lowest BCUT2D eigenvalue weighted by molar-refractivity contribution is -0.0951. The van der Waals surface area contributed by atoms with Crippen molar-refractivity contribution >= 4 is 16.9 Å². The first-order valence-corrected chi connectivity index (χ1v) is 7.15. The zero-order valence-corrected chi connectivity index (χ0v) is 11.7. The fourth-order valence-corrected chi connectivity index (χ4v) is 3.32. The van der Waals surface area contributed by atoms with Crippen LogP contribution in [0.1, 0.15) is 0 Å². The quantitative estimate of drug-likeness (QED) is 0.751. The Morgan fingerprint density at radius 1 is 1.33 bits per heavy atom. The summed E-state index contributed by atoms with van der Waals surface area (Å²) in [6.07, 6.45) is 3.30. The lowest BCUT2D eigenvalue weighted by Crippen LogP contribution is -2.69. The van der Waals surface area contributed by atoms with E-state index in [0.717, 1.165) is 43.1 Å². The molecule has 0 aromatic carbocycles. The Labute approximate surface area is 121 Å². The summed E-state index contributed by atoms with van der Waals surface area (Å²) in [4.78, 5) is 13.1. The summed E-state index contributed by atoms with van der Waals surface area (Å²) in [6.45, 7) is 4.72. The van der Waals surface area contributed by atoms with Crippen molar-refractivity contribution in [2.75, 3.05) is 50.9 Å². The van der Waals surface area contributed by atoms with Crippen LogP contribution < -0.4 is 4.90 Å². The number of aliphatic hydroxyl groups excluding tert-OH is 1. The average molecular weight is 290 g/mol. The van der Waals surface area contributed by atoms with Gasteiger partial charge in [-0.05, 0) is 0 Å². The van der Waals surface area contributed by atoms with Crippen LogP contribution in [-0.2, 0) is 4.74 Å². The number of ether oxygens (including phenoxy) is 1. The van der Waals surface area contributed by atoms with E-state index in [1.165, 1.54) is 0 Å². The van der Waals surface area contributed by atoms with Crippen LogP contribution in [0.15, 0.2) is 12.5 Å². The van der Waals surface area contributed by atoms with Gasteiger partial charge in [-0.15, -0.1) is 0 Å². The molecule has 0 bridgehead atoms. The minimum absolute atomic E-state index is 0.0864. The van der Waals surface area contributed by atoms with Gasteiger partial charge in [-0.25, -0.2) is 9.97 Å². The molecular weight excluding hydrogens is 272 g/mol. The van der Waals surface area contributed by atoms with Gasteiger partial charge in [0.25, 0.3) is 0 Å². The highest BCUT2D eigenvalue weighted by Gasteiger charge is 2.44. The number of nitrogens with one attached hydrogen (secondary N) is 1. The maximum Gasteiger partial charge on any atom is 0.160 e. The van der Waals surface area contributed by atoms with E-state index in [4.69, 9.17) is 4.74 Å². The Hall–Kier alpha value is -1.77. The molecule has 112 valence electrons. The lowest BCUT2D eigenvalue weighted by atomic mass is 9.94. The number of anilines is 1. The normalized spacial score (nSPS) is 27.0. The van der Waals surface area contributed by atoms with Crippen LogP contribution in [0.4, 0.5) is 5.82 Å². The Kier molecular flexibility index (Phi) is 3.02. The summed E-state index contributed by atoms with van der Waals surface area (Å²) in [7, 11) is 0. The van der Waals surface area contributed by atoms with Crippen LogP contribution in [0.5, 0.6) is 0 Å². The number of rotatable bonds is 2. The molecule has 2 aliphatic rings. The third kappa shape index (κ3) is 1.98. The molecule has 0 radical (unpaired) electrons. The molecule has 8 nitrogen and oxygen atoms in total. The highest BCUT2D eigenvalue weighted by Crippen LogP contribution is 2.30. The van der Waals surface area contributed by atoms with Crippen molar-refractivity contribution in [1.82, 2.24) is 25.1 Å². The summed E-state index contributed by atoms with van der Waals surface area (Å²) < 4.78 is 5.61. The third-order valence-electron chi connectivity index (χ3n) is 4.49. The van der Waals surface area contributed by atoms with E-state index >= 15 is 0 Å². The fourth-order valence-electron chi connectivity index (χ4n) is 3.32. The van der Waals surface area contributed by atoms with Crippen LogP contribution >= 0.6 is 0 Å². The smallest absolute Gasteiger partial charge is 0.160 e. The monoisotopic (exact) mass is 290 g/mol. The summed E-state index contributed by atoms with van der Waals surface area (Å²) in [6, 6.07) is 0. The number of fused-ring (bicyclic) bond motifs is 2. The number of aliphatic hydroxyl groups is 1. The van der Waals surface area contributed by atoms with Gasteiger partial charge in [-0.3, -0.25) is 10.00 Å². The van der Waals surface area contributed by atoms with E-state index in [1.807, 2.05) is 0 Å². The Balaban J connectivity index is 1.69. The first-order valence-electron chi connectivity index (χ1n) is 7.15. The van der Waals surface area contributed by atoms with Crippen LogP contribution in [0, 0.1) is 0 Å². The molecule has 2 fully saturated rings. The van der Waals surface area contributed by atoms with Crippen molar-refractivity contribution in [2.45, 2.75) is 5.54 Å². The molecular formula is C13H18N6O2. The summed E-state index contributed by atoms with van der Waals surface area (Å²) in [5.41, 5.74) is 0.401. The highest BCUT2D eigenvalue weighted by molar-refractivity contribution is 5.86. The largest absolute Gasteiger partial charge is 0.394 e. The van der Waals surface area contributed by atoms with Gasteiger partial charge in [0.2, 0.25) is 0 Å². The Morgan fingerprint density at radius 3 is 3.19 bits per heavy atom. The number of morpholine rings is 1. The van der Waals surface area contributed by atoms with Gasteiger partial charge < -0.3 is 14.7 Å². The van der Waals surface area contributed by atoms with Gasteiger partial charge >= 0.3 is 0 Å². The first kappa shape index (κ1) is 12.9. The molecule has 21 heavy (non-hydrogen) atoms. The minimum Gasteiger partial charge on any atom is -0.394 e. The average Bonchev–Trinajstić information content (AvgIpc) is 3.02. The zero-order chi connectivity index (χ0) is 14.3. The number of hydrogen-bond acceptors (Lipinski definition) is 7. The van der Waals surface area contributed by atoms with Crippen molar-refractivity contribution in [3.8, 4) is 0 Å². The van der Waals surface area contributed by atoms with E-state index in [9.17, 15) is 5.11 Å². The summed E-state index contributed by atoms with van der Waals surface area (Å²) in [5.74, 6) is 0.867. The molecule has 0 aliphatic carbocycles. The summed E-state index contributed by atoms with van der Waals surface area (Å²) in [5, 5.41) is 17.7. The molecule has 0 spiro atoms. The SMILES string of the molecule is OCC12COCCN1CCN(c1ncnc3[nH]ncc13)C2. The van der Waals surface area contributed by atoms with E-state index < -0.39 is 0 Å². The molecule has 2 saturated heterocycles. The molecule has 1 unspecified atom stereocenters. The highest BCUT2D eigenvalue weighted by atomic mass is 16.5. The molecule has 2 aromatic heterocycles. The molecule has 0 saturated carbocycles. The van der Waals surface area contributed by atoms with E-state index in [0.29, 0.717) is 13.2 Å². The van der Waals surface area contributed by atoms with Gasteiger partial charge in [0.05, 0.1) is 36.9 Å². The van der Waals surface area contributed by atoms with Crippen molar-refractivity contribution in [2.24, 2.45) is 0 Å². The number of nitrogens with zero attached hydrogens (tertiary/aromatic N) is 5. The standard InChI is InChI=1S/C13H18N6O2/c20-7-13-6-18(1-2-19(13)3-4-21-8-13)12-10-5-16-17-11(10)14-9-15-12/h5,9,20H,1-4,6-8H2,(H,14,15,16,17). The molecule has 1 atom stereocenters. The Morgan fingerprint density at radius 2 is 2.29 bits per heavy atom. The van der Waals surface area contributed by atoms with Crippen molar-refractivity contribution in [1.29, 1.82) is 0 Å². The maximum absolute atomic E-state index is 9.92. The van der Waals surface area contributed by atoms with E-state index in [-0.39, 0.29) is 12.1 Å². The first-order chi connectivity index (χ1) is 10.3.